The van der Waals surface area contributed by atoms with Gasteiger partial charge in [0.15, 0.2) is 0 Å². The second-order valence-corrected chi connectivity index (χ2v) is 4.36. The first-order chi connectivity index (χ1) is 9.74. The molecule has 1 aromatic carbocycles. The molecule has 0 amide bonds. The van der Waals surface area contributed by atoms with Crippen LogP contribution in [0.25, 0.3) is 5.70 Å². The van der Waals surface area contributed by atoms with Gasteiger partial charge < -0.3 is 25.8 Å². The highest BCUT2D eigenvalue weighted by Crippen LogP contribution is 2.11. The minimum atomic E-state index is 0.611. The van der Waals surface area contributed by atoms with Crippen LogP contribution >= 0.6 is 0 Å². The molecule has 0 heterocycles. The van der Waals surface area contributed by atoms with Gasteiger partial charge in [-0.15, -0.1) is 0 Å². The molecule has 0 fully saturated rings. The van der Waals surface area contributed by atoms with E-state index in [1.807, 2.05) is 31.3 Å². The largest absolute Gasteiger partial charge is 0.399 e. The monoisotopic (exact) mass is 279 g/mol. The Morgan fingerprint density at radius 2 is 1.65 bits per heavy atom. The molecule has 0 aliphatic rings. The van der Waals surface area contributed by atoms with Gasteiger partial charge in [-0.1, -0.05) is 18.7 Å². The van der Waals surface area contributed by atoms with Crippen molar-refractivity contribution in [2.24, 2.45) is 0 Å². The molecule has 5 nitrogen and oxygen atoms in total. The predicted octanol–water partition coefficient (Wildman–Crippen LogP) is 1.08. The summed E-state index contributed by atoms with van der Waals surface area (Å²) in [5.74, 6) is 0. The second-order valence-electron chi connectivity index (χ2n) is 4.36. The molecule has 0 radical (unpaired) electrons. The Hall–Kier alpha value is -1.56. The summed E-state index contributed by atoms with van der Waals surface area (Å²) < 4.78 is 10.8. The molecule has 0 spiro atoms. The maximum Gasteiger partial charge on any atom is 0.0701 e. The lowest BCUT2D eigenvalue weighted by atomic mass is 10.1. The molecule has 1 rings (SSSR count). The van der Waals surface area contributed by atoms with E-state index in [0.29, 0.717) is 26.4 Å². The van der Waals surface area contributed by atoms with Crippen molar-refractivity contribution in [3.05, 3.63) is 36.4 Å². The fourth-order valence-corrected chi connectivity index (χ4v) is 1.56. The molecule has 0 unspecified atom stereocenters. The quantitative estimate of drug-likeness (QED) is 0.418. The SMILES string of the molecule is C=C(NCCOCCOCCNC)c1ccc(N)cc1. The van der Waals surface area contributed by atoms with Crippen molar-refractivity contribution in [1.82, 2.24) is 10.6 Å². The van der Waals surface area contributed by atoms with Crippen LogP contribution in [-0.2, 0) is 9.47 Å². The molecule has 0 aliphatic heterocycles. The summed E-state index contributed by atoms with van der Waals surface area (Å²) in [4.78, 5) is 0. The first-order valence-electron chi connectivity index (χ1n) is 6.83. The average molecular weight is 279 g/mol. The predicted molar refractivity (Wildman–Crippen MR) is 83.5 cm³/mol. The van der Waals surface area contributed by atoms with Crippen LogP contribution in [0.15, 0.2) is 30.8 Å². The van der Waals surface area contributed by atoms with E-state index >= 15 is 0 Å². The maximum atomic E-state index is 5.64. The highest BCUT2D eigenvalue weighted by atomic mass is 16.5. The smallest absolute Gasteiger partial charge is 0.0701 e. The van der Waals surface area contributed by atoms with Crippen LogP contribution in [0.4, 0.5) is 5.69 Å². The number of likely N-dealkylation sites (N-methyl/N-ethyl adjacent to an activating group) is 1. The summed E-state index contributed by atoms with van der Waals surface area (Å²) in [6.45, 7) is 8.15. The lowest BCUT2D eigenvalue weighted by Crippen LogP contribution is -2.20. The van der Waals surface area contributed by atoms with Crippen LogP contribution in [0.3, 0.4) is 0 Å². The molecule has 5 heteroatoms. The van der Waals surface area contributed by atoms with Crippen molar-refractivity contribution in [2.45, 2.75) is 0 Å². The van der Waals surface area contributed by atoms with Crippen LogP contribution in [0.2, 0.25) is 0 Å². The number of ether oxygens (including phenoxy) is 2. The summed E-state index contributed by atoms with van der Waals surface area (Å²) in [7, 11) is 1.90. The zero-order valence-corrected chi connectivity index (χ0v) is 12.2. The summed E-state index contributed by atoms with van der Waals surface area (Å²) >= 11 is 0. The highest BCUT2D eigenvalue weighted by molar-refractivity contribution is 5.63. The molecule has 0 aromatic heterocycles. The fourth-order valence-electron chi connectivity index (χ4n) is 1.56. The zero-order valence-electron chi connectivity index (χ0n) is 12.2. The van der Waals surface area contributed by atoms with Crippen molar-refractivity contribution < 1.29 is 9.47 Å². The molecule has 1 aromatic rings. The van der Waals surface area contributed by atoms with E-state index in [2.05, 4.69) is 17.2 Å². The normalized spacial score (nSPS) is 10.4. The minimum Gasteiger partial charge on any atom is -0.399 e. The van der Waals surface area contributed by atoms with Crippen molar-refractivity contribution in [3.8, 4) is 0 Å². The third-order valence-electron chi connectivity index (χ3n) is 2.71. The van der Waals surface area contributed by atoms with Crippen LogP contribution in [-0.4, -0.2) is 46.6 Å². The number of nitrogens with one attached hydrogen (secondary N) is 2. The van der Waals surface area contributed by atoms with E-state index in [1.54, 1.807) is 0 Å². The average Bonchev–Trinajstić information content (AvgIpc) is 2.46. The Labute approximate surface area is 121 Å². The molecule has 4 N–H and O–H groups in total. The Morgan fingerprint density at radius 1 is 1.05 bits per heavy atom. The van der Waals surface area contributed by atoms with E-state index in [-0.39, 0.29) is 0 Å². The van der Waals surface area contributed by atoms with Gasteiger partial charge >= 0.3 is 0 Å². The minimum absolute atomic E-state index is 0.611. The Balaban J connectivity index is 2.01. The third kappa shape index (κ3) is 7.13. The van der Waals surface area contributed by atoms with Crippen molar-refractivity contribution in [1.29, 1.82) is 0 Å². The summed E-state index contributed by atoms with van der Waals surface area (Å²) in [6, 6.07) is 7.62. The van der Waals surface area contributed by atoms with Crippen LogP contribution in [0.1, 0.15) is 5.56 Å². The van der Waals surface area contributed by atoms with E-state index in [9.17, 15) is 0 Å². The van der Waals surface area contributed by atoms with Crippen molar-refractivity contribution in [2.75, 3.05) is 52.3 Å². The van der Waals surface area contributed by atoms with E-state index in [0.717, 1.165) is 30.0 Å². The molecule has 0 aliphatic carbocycles. The van der Waals surface area contributed by atoms with Gasteiger partial charge in [0.05, 0.1) is 26.4 Å². The maximum absolute atomic E-state index is 5.64. The van der Waals surface area contributed by atoms with Crippen LogP contribution in [0, 0.1) is 0 Å². The van der Waals surface area contributed by atoms with Crippen LogP contribution in [0.5, 0.6) is 0 Å². The van der Waals surface area contributed by atoms with Gasteiger partial charge in [0, 0.05) is 24.5 Å². The molecule has 112 valence electrons. The molecule has 20 heavy (non-hydrogen) atoms. The topological polar surface area (TPSA) is 68.5 Å². The lowest BCUT2D eigenvalue weighted by Gasteiger charge is -2.10. The van der Waals surface area contributed by atoms with Gasteiger partial charge in [0.2, 0.25) is 0 Å². The van der Waals surface area contributed by atoms with E-state index in [4.69, 9.17) is 15.2 Å². The molecule has 0 saturated heterocycles. The Bertz CT molecular complexity index is 379. The number of nitrogens with two attached hydrogens (primary N) is 1. The second kappa shape index (κ2) is 10.3. The number of rotatable bonds is 11. The lowest BCUT2D eigenvalue weighted by molar-refractivity contribution is 0.0512. The van der Waals surface area contributed by atoms with Crippen LogP contribution < -0.4 is 16.4 Å². The van der Waals surface area contributed by atoms with Gasteiger partial charge in [-0.2, -0.15) is 0 Å². The molecular weight excluding hydrogens is 254 g/mol. The Kier molecular flexibility index (Phi) is 8.46. The van der Waals surface area contributed by atoms with Crippen molar-refractivity contribution >= 4 is 11.4 Å². The highest BCUT2D eigenvalue weighted by Gasteiger charge is 1.97. The zero-order chi connectivity index (χ0) is 14.6. The van der Waals surface area contributed by atoms with Gasteiger partial charge in [-0.3, -0.25) is 0 Å². The van der Waals surface area contributed by atoms with Gasteiger partial charge in [-0.05, 0) is 24.7 Å². The summed E-state index contributed by atoms with van der Waals surface area (Å²) in [5.41, 5.74) is 8.30. The fraction of sp³-hybridized carbons (Fsp3) is 0.467. The number of anilines is 1. The number of nitrogen functional groups attached to an aromatic ring is 1. The Morgan fingerprint density at radius 3 is 2.25 bits per heavy atom. The van der Waals surface area contributed by atoms with Gasteiger partial charge in [0.1, 0.15) is 0 Å². The first-order valence-corrected chi connectivity index (χ1v) is 6.83. The number of benzene rings is 1. The van der Waals surface area contributed by atoms with Gasteiger partial charge in [0.25, 0.3) is 0 Å². The summed E-state index contributed by atoms with van der Waals surface area (Å²) in [6.07, 6.45) is 0. The van der Waals surface area contributed by atoms with Crippen molar-refractivity contribution in [3.63, 3.8) is 0 Å². The molecule has 0 saturated carbocycles. The summed E-state index contributed by atoms with van der Waals surface area (Å²) in [5, 5.41) is 6.24. The molecule has 0 atom stereocenters. The number of hydrogen-bond donors (Lipinski definition) is 3. The molecular formula is C15H25N3O2. The standard InChI is InChI=1S/C15H25N3O2/c1-13(14-3-5-15(16)6-4-14)18-8-10-20-12-11-19-9-7-17-2/h3-6,17-18H,1,7-12,16H2,2H3. The number of hydrogen-bond acceptors (Lipinski definition) is 5. The molecule has 0 bridgehead atoms. The van der Waals surface area contributed by atoms with E-state index < -0.39 is 0 Å². The van der Waals surface area contributed by atoms with E-state index in [1.165, 1.54) is 0 Å². The third-order valence-corrected chi connectivity index (χ3v) is 2.71. The van der Waals surface area contributed by atoms with Gasteiger partial charge in [-0.25, -0.2) is 0 Å². The first kappa shape index (κ1) is 16.5.